The smallest absolute Gasteiger partial charge is 0.384 e. The molecule has 60 valence electrons. The summed E-state index contributed by atoms with van der Waals surface area (Å²) in [7, 11) is 1.54. The van der Waals surface area contributed by atoms with Gasteiger partial charge in [0.05, 0.1) is 0 Å². The molecule has 0 saturated heterocycles. The van der Waals surface area contributed by atoms with Crippen LogP contribution in [0.2, 0.25) is 0 Å². The molecule has 11 heavy (non-hydrogen) atoms. The molecule has 0 aromatic carbocycles. The van der Waals surface area contributed by atoms with Gasteiger partial charge in [-0.3, -0.25) is 4.57 Å². The molecule has 1 rings (SSSR count). The Morgan fingerprint density at radius 2 is 2.55 bits per heavy atom. The molecule has 1 aromatic rings. The van der Waals surface area contributed by atoms with Crippen molar-refractivity contribution >= 4 is 5.82 Å². The maximum absolute atomic E-state index is 10.2. The van der Waals surface area contributed by atoms with Gasteiger partial charge in [-0.15, -0.1) is 0 Å². The fraction of sp³-hybridized carbons (Fsp3) is 0.250. The van der Waals surface area contributed by atoms with Crippen molar-refractivity contribution in [2.45, 2.75) is 0 Å². The van der Waals surface area contributed by atoms with Crippen LogP contribution in [0.5, 0.6) is 5.88 Å². The van der Waals surface area contributed by atoms with E-state index < -0.39 is 4.92 Å². The number of aromatic nitrogens is 2. The molecule has 0 radical (unpaired) electrons. The molecule has 1 heterocycles. The second kappa shape index (κ2) is 2.54. The number of nitrogens with two attached hydrogens (primary N) is 1. The lowest BCUT2D eigenvalue weighted by Gasteiger charge is -1.95. The van der Waals surface area contributed by atoms with Gasteiger partial charge < -0.3 is 15.0 Å². The highest BCUT2D eigenvalue weighted by molar-refractivity contribution is 5.33. The van der Waals surface area contributed by atoms with Gasteiger partial charge in [-0.25, -0.2) is 0 Å². The van der Waals surface area contributed by atoms with E-state index >= 15 is 0 Å². The van der Waals surface area contributed by atoms with E-state index in [-0.39, 0.29) is 11.7 Å². The summed E-state index contributed by atoms with van der Waals surface area (Å²) >= 11 is 0. The van der Waals surface area contributed by atoms with Crippen LogP contribution in [0.3, 0.4) is 0 Å². The summed E-state index contributed by atoms with van der Waals surface area (Å²) in [5, 5.41) is 10.2. The molecule has 0 saturated carbocycles. The van der Waals surface area contributed by atoms with Crippen LogP contribution >= 0.6 is 0 Å². The molecular formula is C4H6N4O3. The number of aryl methyl sites for hydroxylation is 1. The summed E-state index contributed by atoms with van der Waals surface area (Å²) in [4.78, 5) is 17.2. The molecule has 0 aliphatic heterocycles. The van der Waals surface area contributed by atoms with Gasteiger partial charge in [-0.05, 0) is 9.91 Å². The predicted molar refractivity (Wildman–Crippen MR) is 34.7 cm³/mol. The van der Waals surface area contributed by atoms with Crippen LogP contribution in [-0.4, -0.2) is 14.5 Å². The van der Waals surface area contributed by atoms with E-state index in [0.717, 1.165) is 0 Å². The number of nitrogens with zero attached hydrogens (tertiary/aromatic N) is 3. The van der Waals surface area contributed by atoms with Gasteiger partial charge in [0, 0.05) is 7.05 Å². The molecule has 7 nitrogen and oxygen atoms in total. The van der Waals surface area contributed by atoms with E-state index in [1.165, 1.54) is 10.9 Å². The minimum absolute atomic E-state index is 0.0602. The van der Waals surface area contributed by atoms with Crippen molar-refractivity contribution in [2.75, 3.05) is 0 Å². The van der Waals surface area contributed by atoms with E-state index in [1.807, 2.05) is 0 Å². The third kappa shape index (κ3) is 1.13. The van der Waals surface area contributed by atoms with Crippen LogP contribution < -0.4 is 10.7 Å². The number of nitro groups is 1. The number of hydrogen-bond donors (Lipinski definition) is 1. The van der Waals surface area contributed by atoms with Gasteiger partial charge in [0.25, 0.3) is 0 Å². The summed E-state index contributed by atoms with van der Waals surface area (Å²) in [6, 6.07) is 0. The first-order chi connectivity index (χ1) is 5.16. The van der Waals surface area contributed by atoms with Crippen LogP contribution in [0.4, 0.5) is 5.82 Å². The Morgan fingerprint density at radius 3 is 2.91 bits per heavy atom. The Kier molecular flexibility index (Phi) is 1.73. The average Bonchev–Trinajstić information content (AvgIpc) is 2.30. The van der Waals surface area contributed by atoms with Crippen molar-refractivity contribution in [3.63, 3.8) is 0 Å². The van der Waals surface area contributed by atoms with E-state index in [9.17, 15) is 10.1 Å². The van der Waals surface area contributed by atoms with Crippen LogP contribution in [0.1, 0.15) is 0 Å². The van der Waals surface area contributed by atoms with Gasteiger partial charge in [0.2, 0.25) is 6.33 Å². The normalized spacial score (nSPS) is 9.64. The first kappa shape index (κ1) is 7.48. The topological polar surface area (TPSA) is 96.2 Å². The first-order valence-electron chi connectivity index (χ1n) is 2.69. The Hall–Kier alpha value is -1.63. The quantitative estimate of drug-likeness (QED) is 0.465. The lowest BCUT2D eigenvalue weighted by molar-refractivity contribution is -0.390. The third-order valence-electron chi connectivity index (χ3n) is 1.15. The summed E-state index contributed by atoms with van der Waals surface area (Å²) in [5.41, 5.74) is 0. The average molecular weight is 158 g/mol. The summed E-state index contributed by atoms with van der Waals surface area (Å²) < 4.78 is 1.32. The lowest BCUT2D eigenvalue weighted by Crippen LogP contribution is -2.07. The molecule has 0 atom stereocenters. The van der Waals surface area contributed by atoms with Crippen LogP contribution in [0.15, 0.2) is 6.33 Å². The fourth-order valence-corrected chi connectivity index (χ4v) is 0.668. The van der Waals surface area contributed by atoms with Crippen molar-refractivity contribution in [1.82, 2.24) is 9.55 Å². The summed E-state index contributed by atoms with van der Waals surface area (Å²) in [6.07, 6.45) is 1.25. The van der Waals surface area contributed by atoms with Crippen molar-refractivity contribution in [3.05, 3.63) is 16.4 Å². The van der Waals surface area contributed by atoms with Gasteiger partial charge in [0.1, 0.15) is 0 Å². The molecule has 7 heteroatoms. The molecule has 0 unspecified atom stereocenters. The van der Waals surface area contributed by atoms with Crippen molar-refractivity contribution in [1.29, 1.82) is 0 Å². The van der Waals surface area contributed by atoms with Crippen molar-refractivity contribution < 1.29 is 9.76 Å². The number of hydrogen-bond acceptors (Lipinski definition) is 5. The van der Waals surface area contributed by atoms with E-state index in [0.29, 0.717) is 0 Å². The SMILES string of the molecule is Cn1cnc([N+](=O)[O-])c1ON. The molecule has 2 N–H and O–H groups in total. The van der Waals surface area contributed by atoms with Gasteiger partial charge in [-0.2, -0.15) is 5.90 Å². The number of imidazole rings is 1. The molecule has 0 aliphatic rings. The Morgan fingerprint density at radius 1 is 1.91 bits per heavy atom. The molecular weight excluding hydrogens is 152 g/mol. The van der Waals surface area contributed by atoms with Crippen molar-refractivity contribution in [3.8, 4) is 5.88 Å². The third-order valence-corrected chi connectivity index (χ3v) is 1.15. The van der Waals surface area contributed by atoms with Crippen LogP contribution in [-0.2, 0) is 7.05 Å². The molecule has 0 amide bonds. The first-order valence-corrected chi connectivity index (χ1v) is 2.69. The summed E-state index contributed by atoms with van der Waals surface area (Å²) in [6.45, 7) is 0. The van der Waals surface area contributed by atoms with Gasteiger partial charge >= 0.3 is 11.7 Å². The fourth-order valence-electron chi connectivity index (χ4n) is 0.668. The monoisotopic (exact) mass is 158 g/mol. The molecule has 0 aliphatic carbocycles. The number of rotatable bonds is 2. The highest BCUT2D eigenvalue weighted by Crippen LogP contribution is 2.21. The second-order valence-electron chi connectivity index (χ2n) is 1.86. The standard InChI is InChI=1S/C4H6N4O3/c1-7-2-6-3(8(9)10)4(7)11-5/h2H,5H2,1H3. The largest absolute Gasteiger partial charge is 0.428 e. The Bertz CT molecular complexity index is 281. The lowest BCUT2D eigenvalue weighted by atomic mass is 10.7. The van der Waals surface area contributed by atoms with Crippen molar-refractivity contribution in [2.24, 2.45) is 12.9 Å². The van der Waals surface area contributed by atoms with E-state index in [2.05, 4.69) is 9.82 Å². The van der Waals surface area contributed by atoms with E-state index in [4.69, 9.17) is 5.90 Å². The summed E-state index contributed by atoms with van der Waals surface area (Å²) in [5.74, 6) is 4.33. The zero-order valence-corrected chi connectivity index (χ0v) is 5.72. The highest BCUT2D eigenvalue weighted by atomic mass is 16.6. The predicted octanol–water partition coefficient (Wildman–Crippen LogP) is -0.419. The van der Waals surface area contributed by atoms with E-state index in [1.54, 1.807) is 7.05 Å². The van der Waals surface area contributed by atoms with Crippen LogP contribution in [0, 0.1) is 10.1 Å². The van der Waals surface area contributed by atoms with Gasteiger partial charge in [-0.1, -0.05) is 0 Å². The Balaban J connectivity index is 3.15. The zero-order chi connectivity index (χ0) is 8.43. The molecule has 0 bridgehead atoms. The highest BCUT2D eigenvalue weighted by Gasteiger charge is 2.20. The molecule has 1 aromatic heterocycles. The minimum atomic E-state index is -0.664. The molecule has 0 fully saturated rings. The van der Waals surface area contributed by atoms with Gasteiger partial charge in [0.15, 0.2) is 0 Å². The Labute approximate surface area is 61.5 Å². The minimum Gasteiger partial charge on any atom is -0.384 e. The van der Waals surface area contributed by atoms with Crippen LogP contribution in [0.25, 0.3) is 0 Å². The molecule has 0 spiro atoms. The maximum Gasteiger partial charge on any atom is 0.428 e. The second-order valence-corrected chi connectivity index (χ2v) is 1.86. The maximum atomic E-state index is 10.2. The zero-order valence-electron chi connectivity index (χ0n) is 5.72.